The first kappa shape index (κ1) is 17.8. The molecule has 0 spiro atoms. The van der Waals surface area contributed by atoms with Crippen molar-refractivity contribution in [3.63, 3.8) is 0 Å². The number of amides is 1. The number of nitrogens with one attached hydrogen (secondary N) is 2. The molecule has 1 aromatic heterocycles. The Morgan fingerprint density at radius 2 is 1.69 bits per heavy atom. The lowest BCUT2D eigenvalue weighted by Crippen LogP contribution is -2.17. The SMILES string of the molecule is CSNc1ccc(NC(=O)c2nc(-c3ccc(C)cc3)cnc2N)cc1. The molecule has 0 aliphatic carbocycles. The van der Waals surface area contributed by atoms with Crippen molar-refractivity contribution in [3.8, 4) is 11.3 Å². The zero-order chi connectivity index (χ0) is 18.5. The number of rotatable bonds is 5. The number of aromatic nitrogens is 2. The maximum absolute atomic E-state index is 12.6. The first-order chi connectivity index (χ1) is 12.6. The molecule has 3 rings (SSSR count). The minimum atomic E-state index is -0.394. The molecule has 0 atom stereocenters. The fourth-order valence-electron chi connectivity index (χ4n) is 2.36. The Balaban J connectivity index is 1.82. The van der Waals surface area contributed by atoms with Crippen LogP contribution in [0.15, 0.2) is 54.7 Å². The summed E-state index contributed by atoms with van der Waals surface area (Å²) in [5.74, 6) is -0.298. The van der Waals surface area contributed by atoms with Gasteiger partial charge in [0, 0.05) is 23.2 Å². The quantitative estimate of drug-likeness (QED) is 0.592. The molecule has 0 saturated carbocycles. The summed E-state index contributed by atoms with van der Waals surface area (Å²) in [6.45, 7) is 2.01. The molecule has 7 heteroatoms. The number of nitrogens with two attached hydrogens (primary N) is 1. The van der Waals surface area contributed by atoms with Gasteiger partial charge in [-0.15, -0.1) is 0 Å². The Morgan fingerprint density at radius 1 is 1.04 bits per heavy atom. The minimum absolute atomic E-state index is 0.0963. The van der Waals surface area contributed by atoms with Gasteiger partial charge in [0.2, 0.25) is 0 Å². The second-order valence-electron chi connectivity index (χ2n) is 5.69. The first-order valence-corrected chi connectivity index (χ1v) is 9.19. The number of hydrogen-bond donors (Lipinski definition) is 3. The molecule has 0 unspecified atom stereocenters. The van der Waals surface area contributed by atoms with E-state index in [9.17, 15) is 4.79 Å². The number of hydrogen-bond acceptors (Lipinski definition) is 6. The van der Waals surface area contributed by atoms with Gasteiger partial charge in [-0.25, -0.2) is 9.97 Å². The van der Waals surface area contributed by atoms with Crippen molar-refractivity contribution in [2.45, 2.75) is 6.92 Å². The standard InChI is InChI=1S/C19H19N5OS/c1-12-3-5-13(6-4-12)16-11-21-18(20)17(23-16)19(25)22-14-7-9-15(10-8-14)24-26-2/h3-11,24H,1-2H3,(H2,20,21)(H,22,25). The molecular weight excluding hydrogens is 346 g/mol. The Kier molecular flexibility index (Phi) is 5.38. The smallest absolute Gasteiger partial charge is 0.278 e. The zero-order valence-electron chi connectivity index (χ0n) is 14.5. The fourth-order valence-corrected chi connectivity index (χ4v) is 2.73. The Bertz CT molecular complexity index is 910. The van der Waals surface area contributed by atoms with E-state index in [-0.39, 0.29) is 11.5 Å². The summed E-state index contributed by atoms with van der Waals surface area (Å²) in [6.07, 6.45) is 3.51. The summed E-state index contributed by atoms with van der Waals surface area (Å²) in [4.78, 5) is 21.1. The van der Waals surface area contributed by atoms with Gasteiger partial charge in [-0.2, -0.15) is 0 Å². The van der Waals surface area contributed by atoms with Crippen molar-refractivity contribution in [2.24, 2.45) is 0 Å². The van der Waals surface area contributed by atoms with Crippen LogP contribution in [0.1, 0.15) is 16.1 Å². The highest BCUT2D eigenvalue weighted by Crippen LogP contribution is 2.21. The van der Waals surface area contributed by atoms with Gasteiger partial charge in [-0.05, 0) is 31.2 Å². The number of nitrogen functional groups attached to an aromatic ring is 1. The molecule has 0 bridgehead atoms. The summed E-state index contributed by atoms with van der Waals surface area (Å²) >= 11 is 1.50. The number of aryl methyl sites for hydroxylation is 1. The van der Waals surface area contributed by atoms with Crippen molar-refractivity contribution in [2.75, 3.05) is 22.0 Å². The van der Waals surface area contributed by atoms with Crippen LogP contribution in [0.25, 0.3) is 11.3 Å². The van der Waals surface area contributed by atoms with Crippen LogP contribution in [0.2, 0.25) is 0 Å². The first-order valence-electron chi connectivity index (χ1n) is 7.97. The van der Waals surface area contributed by atoms with Crippen molar-refractivity contribution in [1.29, 1.82) is 0 Å². The number of carbonyl (C=O) groups excluding carboxylic acids is 1. The predicted molar refractivity (Wildman–Crippen MR) is 108 cm³/mol. The average molecular weight is 365 g/mol. The third-order valence-corrected chi connectivity index (χ3v) is 4.17. The Morgan fingerprint density at radius 3 is 2.35 bits per heavy atom. The van der Waals surface area contributed by atoms with Gasteiger partial charge >= 0.3 is 0 Å². The number of nitrogens with zero attached hydrogens (tertiary/aromatic N) is 2. The van der Waals surface area contributed by atoms with E-state index < -0.39 is 5.91 Å². The molecule has 4 N–H and O–H groups in total. The lowest BCUT2D eigenvalue weighted by Gasteiger charge is -2.09. The van der Waals surface area contributed by atoms with Crippen LogP contribution in [-0.2, 0) is 0 Å². The van der Waals surface area contributed by atoms with E-state index >= 15 is 0 Å². The van der Waals surface area contributed by atoms with Gasteiger partial charge in [0.15, 0.2) is 11.5 Å². The summed E-state index contributed by atoms with van der Waals surface area (Å²) in [7, 11) is 0. The van der Waals surface area contributed by atoms with E-state index in [1.807, 2.05) is 61.7 Å². The van der Waals surface area contributed by atoms with Crippen LogP contribution < -0.4 is 15.8 Å². The van der Waals surface area contributed by atoms with Crippen molar-refractivity contribution >= 4 is 35.0 Å². The predicted octanol–water partition coefficient (Wildman–Crippen LogP) is 3.98. The summed E-state index contributed by atoms with van der Waals surface area (Å²) in [5.41, 5.74) is 10.2. The monoisotopic (exact) mass is 365 g/mol. The maximum Gasteiger partial charge on any atom is 0.278 e. The van der Waals surface area contributed by atoms with Gasteiger partial charge in [0.1, 0.15) is 0 Å². The molecule has 1 heterocycles. The van der Waals surface area contributed by atoms with E-state index in [4.69, 9.17) is 5.73 Å². The van der Waals surface area contributed by atoms with Gasteiger partial charge < -0.3 is 15.8 Å². The highest BCUT2D eigenvalue weighted by molar-refractivity contribution is 7.99. The van der Waals surface area contributed by atoms with Crippen molar-refractivity contribution < 1.29 is 4.79 Å². The van der Waals surface area contributed by atoms with Crippen molar-refractivity contribution in [3.05, 3.63) is 66.0 Å². The number of anilines is 3. The molecule has 132 valence electrons. The molecule has 0 aliphatic rings. The van der Waals surface area contributed by atoms with E-state index in [2.05, 4.69) is 20.0 Å². The second kappa shape index (κ2) is 7.88. The maximum atomic E-state index is 12.6. The van der Waals surface area contributed by atoms with E-state index in [0.717, 1.165) is 16.8 Å². The average Bonchev–Trinajstić information content (AvgIpc) is 2.64. The van der Waals surface area contributed by atoms with Crippen LogP contribution in [0, 0.1) is 6.92 Å². The Hall–Kier alpha value is -3.06. The summed E-state index contributed by atoms with van der Waals surface area (Å²) < 4.78 is 3.12. The van der Waals surface area contributed by atoms with E-state index in [0.29, 0.717) is 11.4 Å². The molecule has 0 aliphatic heterocycles. The lowest BCUT2D eigenvalue weighted by atomic mass is 10.1. The van der Waals surface area contributed by atoms with E-state index in [1.54, 1.807) is 6.20 Å². The molecule has 0 saturated heterocycles. The van der Waals surface area contributed by atoms with E-state index in [1.165, 1.54) is 11.9 Å². The summed E-state index contributed by atoms with van der Waals surface area (Å²) in [5, 5.41) is 2.80. The third kappa shape index (κ3) is 4.12. The van der Waals surface area contributed by atoms with Gasteiger partial charge in [0.05, 0.1) is 11.9 Å². The normalized spacial score (nSPS) is 10.4. The molecule has 3 aromatic rings. The molecule has 2 aromatic carbocycles. The third-order valence-electron chi connectivity index (χ3n) is 3.73. The van der Waals surface area contributed by atoms with Crippen LogP contribution >= 0.6 is 11.9 Å². The molecule has 0 fully saturated rings. The number of carbonyl (C=O) groups is 1. The van der Waals surface area contributed by atoms with Gasteiger partial charge in [-0.1, -0.05) is 41.8 Å². The van der Waals surface area contributed by atoms with Gasteiger partial charge in [-0.3, -0.25) is 4.79 Å². The number of benzene rings is 2. The molecule has 1 amide bonds. The highest BCUT2D eigenvalue weighted by Gasteiger charge is 2.15. The van der Waals surface area contributed by atoms with Crippen LogP contribution in [0.5, 0.6) is 0 Å². The summed E-state index contributed by atoms with van der Waals surface area (Å²) in [6, 6.07) is 15.2. The highest BCUT2D eigenvalue weighted by atomic mass is 32.2. The largest absolute Gasteiger partial charge is 0.382 e. The van der Waals surface area contributed by atoms with Gasteiger partial charge in [0.25, 0.3) is 5.91 Å². The van der Waals surface area contributed by atoms with Crippen LogP contribution in [0.3, 0.4) is 0 Å². The molecule has 6 nitrogen and oxygen atoms in total. The topological polar surface area (TPSA) is 92.9 Å². The minimum Gasteiger partial charge on any atom is -0.382 e. The van der Waals surface area contributed by atoms with Crippen LogP contribution in [-0.4, -0.2) is 22.1 Å². The molecule has 26 heavy (non-hydrogen) atoms. The van der Waals surface area contributed by atoms with Crippen molar-refractivity contribution in [1.82, 2.24) is 9.97 Å². The molecular formula is C19H19N5OS. The Labute approximate surface area is 156 Å². The molecule has 0 radical (unpaired) electrons. The van der Waals surface area contributed by atoms with Crippen LogP contribution in [0.4, 0.5) is 17.2 Å². The zero-order valence-corrected chi connectivity index (χ0v) is 15.3. The fraction of sp³-hybridized carbons (Fsp3) is 0.105. The second-order valence-corrected chi connectivity index (χ2v) is 6.31. The lowest BCUT2D eigenvalue weighted by molar-refractivity contribution is 0.102.